The van der Waals surface area contributed by atoms with Crippen LogP contribution in [0, 0.1) is 0 Å². The van der Waals surface area contributed by atoms with Crippen LogP contribution in [0.3, 0.4) is 0 Å². The van der Waals surface area contributed by atoms with Gasteiger partial charge in [-0.1, -0.05) is 0 Å². The average Bonchev–Trinajstić information content (AvgIpc) is 2.78. The number of carbonyl (C=O) groups excluding carboxylic acids is 1. The summed E-state index contributed by atoms with van der Waals surface area (Å²) in [6.07, 6.45) is -1.25. The van der Waals surface area contributed by atoms with E-state index >= 15 is 0 Å². The monoisotopic (exact) mass is 261 g/mol. The van der Waals surface area contributed by atoms with Crippen LogP contribution in [0.1, 0.15) is 49.8 Å². The van der Waals surface area contributed by atoms with E-state index in [2.05, 4.69) is 10.2 Å². The van der Waals surface area contributed by atoms with Gasteiger partial charge in [-0.3, -0.25) is 0 Å². The molecule has 2 rings (SSSR count). The van der Waals surface area contributed by atoms with Gasteiger partial charge in [-0.15, -0.1) is 10.2 Å². The van der Waals surface area contributed by atoms with Gasteiger partial charge in [0.05, 0.1) is 0 Å². The van der Waals surface area contributed by atoms with E-state index in [9.17, 15) is 13.6 Å². The predicted octanol–water partition coefficient (Wildman–Crippen LogP) is 2.13. The lowest BCUT2D eigenvalue weighted by Gasteiger charge is -2.25. The van der Waals surface area contributed by atoms with Crippen molar-refractivity contribution in [1.29, 1.82) is 0 Å². The Kier molecular flexibility index (Phi) is 3.73. The fourth-order valence-corrected chi connectivity index (χ4v) is 2.09. The Bertz CT molecular complexity index is 416. The fourth-order valence-electron chi connectivity index (χ4n) is 2.09. The predicted molar refractivity (Wildman–Crippen MR) is 54.9 cm³/mol. The highest BCUT2D eigenvalue weighted by molar-refractivity contribution is 5.64. The number of amides is 1. The number of ether oxygens (including phenoxy) is 1. The fraction of sp³-hybridized carbons (Fsp3) is 0.700. The van der Waals surface area contributed by atoms with E-state index in [1.807, 2.05) is 0 Å². The van der Waals surface area contributed by atoms with E-state index < -0.39 is 18.4 Å². The first kappa shape index (κ1) is 12.7. The Balaban J connectivity index is 1.90. The zero-order chi connectivity index (χ0) is 13.1. The SMILES string of the molecule is NC(=O)O[C@H]1CC[C@H](c2nnc(C(F)F)o2)CC1. The minimum atomic E-state index is -2.75. The van der Waals surface area contributed by atoms with E-state index in [4.69, 9.17) is 14.9 Å². The van der Waals surface area contributed by atoms with Crippen LogP contribution in [0.15, 0.2) is 4.42 Å². The number of hydrogen-bond acceptors (Lipinski definition) is 5. The molecular weight excluding hydrogens is 248 g/mol. The second-order valence-electron chi connectivity index (χ2n) is 4.19. The summed E-state index contributed by atoms with van der Waals surface area (Å²) in [5.41, 5.74) is 4.92. The molecule has 0 radical (unpaired) electrons. The van der Waals surface area contributed by atoms with Gasteiger partial charge in [0.25, 0.3) is 5.89 Å². The second-order valence-corrected chi connectivity index (χ2v) is 4.19. The molecule has 1 aliphatic rings. The van der Waals surface area contributed by atoms with Gasteiger partial charge in [-0.2, -0.15) is 8.78 Å². The van der Waals surface area contributed by atoms with Crippen LogP contribution in [-0.2, 0) is 4.74 Å². The first-order valence-corrected chi connectivity index (χ1v) is 5.63. The number of aromatic nitrogens is 2. The van der Waals surface area contributed by atoms with Crippen molar-refractivity contribution in [1.82, 2.24) is 10.2 Å². The normalized spacial score (nSPS) is 24.2. The van der Waals surface area contributed by atoms with Gasteiger partial charge >= 0.3 is 12.5 Å². The molecule has 2 N–H and O–H groups in total. The summed E-state index contributed by atoms with van der Waals surface area (Å²) in [4.78, 5) is 10.6. The molecule has 0 saturated heterocycles. The van der Waals surface area contributed by atoms with E-state index in [1.54, 1.807) is 0 Å². The smallest absolute Gasteiger partial charge is 0.404 e. The van der Waals surface area contributed by atoms with Crippen LogP contribution in [0.25, 0.3) is 0 Å². The van der Waals surface area contributed by atoms with Crippen molar-refractivity contribution < 1.29 is 22.7 Å². The Hall–Kier alpha value is -1.73. The third-order valence-corrected chi connectivity index (χ3v) is 2.95. The topological polar surface area (TPSA) is 91.2 Å². The van der Waals surface area contributed by atoms with Gasteiger partial charge in [0.2, 0.25) is 5.89 Å². The molecule has 18 heavy (non-hydrogen) atoms. The number of alkyl halides is 2. The average molecular weight is 261 g/mol. The largest absolute Gasteiger partial charge is 0.446 e. The summed E-state index contributed by atoms with van der Waals surface area (Å²) in [6, 6.07) is 0. The number of hydrogen-bond donors (Lipinski definition) is 1. The maximum Gasteiger partial charge on any atom is 0.404 e. The van der Waals surface area contributed by atoms with Crippen molar-refractivity contribution in [3.8, 4) is 0 Å². The minimum absolute atomic E-state index is 0.0577. The van der Waals surface area contributed by atoms with E-state index in [0.717, 1.165) is 0 Å². The maximum absolute atomic E-state index is 12.3. The second kappa shape index (κ2) is 5.28. The Labute approximate surface area is 101 Å². The summed E-state index contributed by atoms with van der Waals surface area (Å²) >= 11 is 0. The van der Waals surface area contributed by atoms with Gasteiger partial charge < -0.3 is 14.9 Å². The molecule has 1 fully saturated rings. The van der Waals surface area contributed by atoms with Gasteiger partial charge in [-0.05, 0) is 25.7 Å². The zero-order valence-corrected chi connectivity index (χ0v) is 9.51. The number of carbonyl (C=O) groups is 1. The molecule has 6 nitrogen and oxygen atoms in total. The van der Waals surface area contributed by atoms with Crippen LogP contribution in [-0.4, -0.2) is 22.4 Å². The molecule has 1 aromatic rings. The van der Waals surface area contributed by atoms with E-state index in [0.29, 0.717) is 25.7 Å². The number of halogens is 2. The molecule has 1 amide bonds. The number of nitrogens with two attached hydrogens (primary N) is 1. The minimum Gasteiger partial charge on any atom is -0.446 e. The summed E-state index contributed by atoms with van der Waals surface area (Å²) < 4.78 is 34.3. The summed E-state index contributed by atoms with van der Waals surface area (Å²) in [5.74, 6) is -0.485. The van der Waals surface area contributed by atoms with Gasteiger partial charge in [-0.25, -0.2) is 4.79 Å². The molecule has 100 valence electrons. The number of rotatable bonds is 3. The molecule has 8 heteroatoms. The third kappa shape index (κ3) is 2.93. The highest BCUT2D eigenvalue weighted by Gasteiger charge is 2.28. The Morgan fingerprint density at radius 1 is 1.33 bits per heavy atom. The van der Waals surface area contributed by atoms with Crippen LogP contribution in [0.4, 0.5) is 13.6 Å². The van der Waals surface area contributed by atoms with Crippen molar-refractivity contribution in [3.05, 3.63) is 11.8 Å². The van der Waals surface area contributed by atoms with Gasteiger partial charge in [0, 0.05) is 5.92 Å². The van der Waals surface area contributed by atoms with Crippen molar-refractivity contribution in [3.63, 3.8) is 0 Å². The summed E-state index contributed by atoms with van der Waals surface area (Å²) in [6.45, 7) is 0. The van der Waals surface area contributed by atoms with E-state index in [1.165, 1.54) is 0 Å². The zero-order valence-electron chi connectivity index (χ0n) is 9.51. The number of primary amides is 1. The molecule has 0 bridgehead atoms. The molecule has 0 spiro atoms. The van der Waals surface area contributed by atoms with Crippen molar-refractivity contribution >= 4 is 6.09 Å². The lowest BCUT2D eigenvalue weighted by Crippen LogP contribution is -2.26. The molecule has 1 heterocycles. The lowest BCUT2D eigenvalue weighted by atomic mass is 9.87. The van der Waals surface area contributed by atoms with Crippen LogP contribution in [0.5, 0.6) is 0 Å². The maximum atomic E-state index is 12.3. The Morgan fingerprint density at radius 2 is 2.00 bits per heavy atom. The van der Waals surface area contributed by atoms with Gasteiger partial charge in [0.1, 0.15) is 6.10 Å². The molecule has 1 aliphatic carbocycles. The Morgan fingerprint density at radius 3 is 2.50 bits per heavy atom. The summed E-state index contributed by atoms with van der Waals surface area (Å²) in [5, 5.41) is 6.90. The first-order valence-electron chi connectivity index (χ1n) is 5.63. The molecule has 1 saturated carbocycles. The highest BCUT2D eigenvalue weighted by atomic mass is 19.3. The van der Waals surface area contributed by atoms with Crippen LogP contribution >= 0.6 is 0 Å². The van der Waals surface area contributed by atoms with Crippen molar-refractivity contribution in [2.45, 2.75) is 44.1 Å². The summed E-state index contributed by atoms with van der Waals surface area (Å²) in [7, 11) is 0. The molecule has 0 unspecified atom stereocenters. The molecule has 0 atom stereocenters. The molecule has 0 aromatic carbocycles. The van der Waals surface area contributed by atoms with Crippen molar-refractivity contribution in [2.75, 3.05) is 0 Å². The quantitative estimate of drug-likeness (QED) is 0.899. The third-order valence-electron chi connectivity index (χ3n) is 2.95. The van der Waals surface area contributed by atoms with Crippen LogP contribution in [0.2, 0.25) is 0 Å². The van der Waals surface area contributed by atoms with E-state index in [-0.39, 0.29) is 17.9 Å². The standard InChI is InChI=1S/C10H13F2N3O3/c11-7(12)9-15-14-8(18-9)5-1-3-6(4-2-5)17-10(13)16/h5-7H,1-4H2,(H2,13,16)/t5-,6-. The highest BCUT2D eigenvalue weighted by Crippen LogP contribution is 2.34. The van der Waals surface area contributed by atoms with Crippen molar-refractivity contribution in [2.24, 2.45) is 5.73 Å². The lowest BCUT2D eigenvalue weighted by molar-refractivity contribution is 0.0748. The molecular formula is C10H13F2N3O3. The number of nitrogens with zero attached hydrogens (tertiary/aromatic N) is 2. The van der Waals surface area contributed by atoms with Gasteiger partial charge in [0.15, 0.2) is 0 Å². The molecule has 0 aliphatic heterocycles. The first-order chi connectivity index (χ1) is 8.56. The molecule has 1 aromatic heterocycles. The van der Waals surface area contributed by atoms with Crippen LogP contribution < -0.4 is 5.73 Å².